The normalized spacial score (nSPS) is 11.0. The maximum atomic E-state index is 13.0. The molecule has 0 unspecified atom stereocenters. The molecule has 13 heavy (non-hydrogen) atoms. The molecule has 1 N–H and O–H groups in total. The van der Waals surface area contributed by atoms with Crippen LogP contribution >= 0.6 is 0 Å². The predicted molar refractivity (Wildman–Crippen MR) is 54.1 cm³/mol. The van der Waals surface area contributed by atoms with Crippen molar-refractivity contribution < 1.29 is 4.39 Å². The highest BCUT2D eigenvalue weighted by Gasteiger charge is 1.98. The molecule has 0 radical (unpaired) electrons. The van der Waals surface area contributed by atoms with E-state index in [1.54, 1.807) is 13.0 Å². The first-order valence-electron chi connectivity index (χ1n) is 4.32. The molecule has 0 aliphatic heterocycles. The number of nitrogens with one attached hydrogen (secondary N) is 1. The van der Waals surface area contributed by atoms with E-state index >= 15 is 0 Å². The molecule has 0 aromatic heterocycles. The lowest BCUT2D eigenvalue weighted by Crippen LogP contribution is -2.03. The molecule has 0 aliphatic rings. The molecule has 1 aromatic carbocycles. The third-order valence-electron chi connectivity index (χ3n) is 1.93. The van der Waals surface area contributed by atoms with Crippen molar-refractivity contribution in [1.29, 1.82) is 0 Å². The molecule has 1 rings (SSSR count). The highest BCUT2D eigenvalue weighted by molar-refractivity contribution is 5.53. The molecule has 0 saturated heterocycles. The van der Waals surface area contributed by atoms with Crippen molar-refractivity contribution in [3.05, 3.63) is 41.2 Å². The average molecular weight is 179 g/mol. The van der Waals surface area contributed by atoms with E-state index < -0.39 is 0 Å². The second-order valence-electron chi connectivity index (χ2n) is 2.91. The number of benzene rings is 1. The molecule has 0 aliphatic carbocycles. The Morgan fingerprint density at radius 3 is 2.92 bits per heavy atom. The molecule has 0 heterocycles. The van der Waals surface area contributed by atoms with Gasteiger partial charge >= 0.3 is 0 Å². The van der Waals surface area contributed by atoms with E-state index in [-0.39, 0.29) is 5.82 Å². The summed E-state index contributed by atoms with van der Waals surface area (Å²) < 4.78 is 13.0. The smallest absolute Gasteiger partial charge is 0.126 e. The quantitative estimate of drug-likeness (QED) is 0.751. The fourth-order valence-electron chi connectivity index (χ4n) is 1.11. The summed E-state index contributed by atoms with van der Waals surface area (Å²) >= 11 is 0. The highest BCUT2D eigenvalue weighted by Crippen LogP contribution is 2.13. The summed E-state index contributed by atoms with van der Waals surface area (Å²) in [6.45, 7) is 2.59. The van der Waals surface area contributed by atoms with Crippen molar-refractivity contribution in [3.63, 3.8) is 0 Å². The molecule has 1 aromatic rings. The Balaban J connectivity index is 2.83. The van der Waals surface area contributed by atoms with Gasteiger partial charge < -0.3 is 5.32 Å². The summed E-state index contributed by atoms with van der Waals surface area (Å²) in [4.78, 5) is 0. The van der Waals surface area contributed by atoms with E-state index in [0.717, 1.165) is 12.1 Å². The molecule has 0 atom stereocenters. The first-order valence-corrected chi connectivity index (χ1v) is 4.32. The average Bonchev–Trinajstić information content (AvgIpc) is 2.13. The van der Waals surface area contributed by atoms with Crippen molar-refractivity contribution >= 4 is 6.08 Å². The summed E-state index contributed by atoms with van der Waals surface area (Å²) in [6.07, 6.45) is 3.90. The van der Waals surface area contributed by atoms with E-state index in [1.807, 2.05) is 25.3 Å². The molecular weight excluding hydrogens is 165 g/mol. The number of rotatable bonds is 3. The second kappa shape index (κ2) is 4.77. The van der Waals surface area contributed by atoms with Gasteiger partial charge in [-0.05, 0) is 31.2 Å². The molecule has 0 amide bonds. The lowest BCUT2D eigenvalue weighted by molar-refractivity contribution is 0.618. The Hall–Kier alpha value is -1.15. The van der Waals surface area contributed by atoms with E-state index in [0.29, 0.717) is 5.56 Å². The van der Waals surface area contributed by atoms with Crippen LogP contribution in [0.5, 0.6) is 0 Å². The molecule has 0 spiro atoms. The molecule has 0 fully saturated rings. The standard InChI is InChI=1S/C11H14FN/c1-9-10(6-4-8-13-2)5-3-7-11(9)12/h3-7,13H,8H2,1-2H3. The SMILES string of the molecule is CNCC=Cc1cccc(F)c1C. The van der Waals surface area contributed by atoms with Crippen molar-refractivity contribution in [2.45, 2.75) is 6.92 Å². The Morgan fingerprint density at radius 2 is 2.23 bits per heavy atom. The first-order chi connectivity index (χ1) is 6.25. The molecule has 70 valence electrons. The van der Waals surface area contributed by atoms with Crippen LogP contribution < -0.4 is 5.32 Å². The summed E-state index contributed by atoms with van der Waals surface area (Å²) in [5.41, 5.74) is 1.64. The Labute approximate surface area is 78.3 Å². The van der Waals surface area contributed by atoms with E-state index in [4.69, 9.17) is 0 Å². The topological polar surface area (TPSA) is 12.0 Å². The van der Waals surface area contributed by atoms with Crippen LogP contribution in [0.4, 0.5) is 4.39 Å². The van der Waals surface area contributed by atoms with Gasteiger partial charge in [0.25, 0.3) is 0 Å². The number of likely N-dealkylation sites (N-methyl/N-ethyl adjacent to an activating group) is 1. The zero-order chi connectivity index (χ0) is 9.68. The molecular formula is C11H14FN. The van der Waals surface area contributed by atoms with Crippen molar-refractivity contribution in [2.75, 3.05) is 13.6 Å². The van der Waals surface area contributed by atoms with Gasteiger partial charge in [0.15, 0.2) is 0 Å². The van der Waals surface area contributed by atoms with Gasteiger partial charge in [0.05, 0.1) is 0 Å². The molecule has 0 saturated carbocycles. The summed E-state index contributed by atoms with van der Waals surface area (Å²) in [7, 11) is 1.88. The van der Waals surface area contributed by atoms with Gasteiger partial charge in [-0.1, -0.05) is 24.3 Å². The van der Waals surface area contributed by atoms with E-state index in [9.17, 15) is 4.39 Å². The zero-order valence-corrected chi connectivity index (χ0v) is 7.97. The van der Waals surface area contributed by atoms with Crippen LogP contribution in [-0.4, -0.2) is 13.6 Å². The van der Waals surface area contributed by atoms with Crippen molar-refractivity contribution in [2.24, 2.45) is 0 Å². The fourth-order valence-corrected chi connectivity index (χ4v) is 1.11. The van der Waals surface area contributed by atoms with Crippen LogP contribution in [0.1, 0.15) is 11.1 Å². The first kappa shape index (κ1) is 9.93. The van der Waals surface area contributed by atoms with Gasteiger partial charge in [-0.2, -0.15) is 0 Å². The molecule has 1 nitrogen and oxygen atoms in total. The van der Waals surface area contributed by atoms with Crippen LogP contribution in [-0.2, 0) is 0 Å². The Morgan fingerprint density at radius 1 is 1.46 bits per heavy atom. The Bertz CT molecular complexity index is 305. The summed E-state index contributed by atoms with van der Waals surface area (Å²) in [5.74, 6) is -0.147. The lowest BCUT2D eigenvalue weighted by Gasteiger charge is -2.00. The summed E-state index contributed by atoms with van der Waals surface area (Å²) in [5, 5.41) is 2.99. The minimum absolute atomic E-state index is 0.147. The van der Waals surface area contributed by atoms with Gasteiger partial charge in [0.1, 0.15) is 5.82 Å². The highest BCUT2D eigenvalue weighted by atomic mass is 19.1. The van der Waals surface area contributed by atoms with Gasteiger partial charge in [-0.25, -0.2) is 4.39 Å². The van der Waals surface area contributed by atoms with Gasteiger partial charge in [-0.15, -0.1) is 0 Å². The maximum Gasteiger partial charge on any atom is 0.126 e. The van der Waals surface area contributed by atoms with E-state index in [2.05, 4.69) is 5.32 Å². The minimum atomic E-state index is -0.147. The zero-order valence-electron chi connectivity index (χ0n) is 7.97. The van der Waals surface area contributed by atoms with Crippen molar-refractivity contribution in [3.8, 4) is 0 Å². The monoisotopic (exact) mass is 179 g/mol. The number of hydrogen-bond donors (Lipinski definition) is 1. The largest absolute Gasteiger partial charge is 0.316 e. The van der Waals surface area contributed by atoms with Crippen LogP contribution in [0.2, 0.25) is 0 Å². The maximum absolute atomic E-state index is 13.0. The van der Waals surface area contributed by atoms with Gasteiger partial charge in [0.2, 0.25) is 0 Å². The predicted octanol–water partition coefficient (Wildman–Crippen LogP) is 2.37. The summed E-state index contributed by atoms with van der Waals surface area (Å²) in [6, 6.07) is 5.11. The Kier molecular flexibility index (Phi) is 3.65. The third-order valence-corrected chi connectivity index (χ3v) is 1.93. The number of hydrogen-bond acceptors (Lipinski definition) is 1. The molecule has 2 heteroatoms. The van der Waals surface area contributed by atoms with Crippen LogP contribution in [0.3, 0.4) is 0 Å². The number of halogens is 1. The van der Waals surface area contributed by atoms with Crippen LogP contribution in [0.25, 0.3) is 6.08 Å². The minimum Gasteiger partial charge on any atom is -0.316 e. The van der Waals surface area contributed by atoms with E-state index in [1.165, 1.54) is 6.07 Å². The second-order valence-corrected chi connectivity index (χ2v) is 2.91. The third kappa shape index (κ3) is 2.67. The fraction of sp³-hybridized carbons (Fsp3) is 0.273. The van der Waals surface area contributed by atoms with Crippen LogP contribution in [0, 0.1) is 12.7 Å². The van der Waals surface area contributed by atoms with Crippen molar-refractivity contribution in [1.82, 2.24) is 5.32 Å². The van der Waals surface area contributed by atoms with Crippen LogP contribution in [0.15, 0.2) is 24.3 Å². The van der Waals surface area contributed by atoms with Gasteiger partial charge in [0, 0.05) is 6.54 Å². The van der Waals surface area contributed by atoms with Gasteiger partial charge in [-0.3, -0.25) is 0 Å². The molecule has 0 bridgehead atoms. The lowest BCUT2D eigenvalue weighted by atomic mass is 10.1.